The summed E-state index contributed by atoms with van der Waals surface area (Å²) in [6, 6.07) is 7.77. The fourth-order valence-corrected chi connectivity index (χ4v) is 2.18. The van der Waals surface area contributed by atoms with Crippen molar-refractivity contribution in [3.05, 3.63) is 52.4 Å². The number of rotatable bonds is 2. The first-order chi connectivity index (χ1) is 10.9. The molecule has 1 atom stereocenters. The van der Waals surface area contributed by atoms with E-state index in [9.17, 15) is 14.4 Å². The van der Waals surface area contributed by atoms with Crippen LogP contribution in [0.3, 0.4) is 0 Å². The van der Waals surface area contributed by atoms with Crippen LogP contribution in [-0.4, -0.2) is 22.5 Å². The molecule has 1 aromatic heterocycles. The largest absolute Gasteiger partial charge is 0.479 e. The number of benzene rings is 1. The Morgan fingerprint density at radius 1 is 1.26 bits per heavy atom. The summed E-state index contributed by atoms with van der Waals surface area (Å²) >= 11 is 0. The van der Waals surface area contributed by atoms with E-state index in [-0.39, 0.29) is 17.0 Å². The standard InChI is InChI=1S/C16H15N3O4/c1-9-15(21)18-12-8-11(3-4-13(12)23-9)17-16(22)10-5-6-19(2)14(20)7-10/h3-9H,1-2H3,(H,17,22)(H,18,21). The third-order valence-corrected chi connectivity index (χ3v) is 3.53. The molecule has 0 saturated carbocycles. The summed E-state index contributed by atoms with van der Waals surface area (Å²) in [7, 11) is 1.61. The molecular formula is C16H15N3O4. The summed E-state index contributed by atoms with van der Waals surface area (Å²) < 4.78 is 6.83. The quantitative estimate of drug-likeness (QED) is 0.876. The zero-order chi connectivity index (χ0) is 16.6. The first-order valence-corrected chi connectivity index (χ1v) is 7.03. The molecule has 2 aromatic rings. The molecular weight excluding hydrogens is 298 g/mol. The first kappa shape index (κ1) is 14.8. The molecule has 1 unspecified atom stereocenters. The van der Waals surface area contributed by atoms with Gasteiger partial charge in [0, 0.05) is 30.6 Å². The minimum atomic E-state index is -0.552. The second-order valence-corrected chi connectivity index (χ2v) is 5.28. The highest BCUT2D eigenvalue weighted by Crippen LogP contribution is 2.32. The van der Waals surface area contributed by atoms with E-state index in [1.54, 1.807) is 38.2 Å². The lowest BCUT2D eigenvalue weighted by molar-refractivity contribution is -0.122. The third kappa shape index (κ3) is 2.94. The minimum Gasteiger partial charge on any atom is -0.479 e. The molecule has 2 amide bonds. The van der Waals surface area contributed by atoms with Gasteiger partial charge in [0.1, 0.15) is 5.75 Å². The van der Waals surface area contributed by atoms with Crippen LogP contribution in [0.5, 0.6) is 5.75 Å². The number of aryl methyl sites for hydroxylation is 1. The molecule has 1 aliphatic rings. The van der Waals surface area contributed by atoms with Gasteiger partial charge in [-0.3, -0.25) is 14.4 Å². The summed E-state index contributed by atoms with van der Waals surface area (Å²) in [5.74, 6) is -0.102. The summed E-state index contributed by atoms with van der Waals surface area (Å²) in [5, 5.41) is 5.40. The maximum atomic E-state index is 12.2. The van der Waals surface area contributed by atoms with Gasteiger partial charge < -0.3 is 19.9 Å². The Kier molecular flexibility index (Phi) is 3.61. The summed E-state index contributed by atoms with van der Waals surface area (Å²) in [4.78, 5) is 35.4. The fraction of sp³-hybridized carbons (Fsp3) is 0.188. The van der Waals surface area contributed by atoms with Gasteiger partial charge in [0.05, 0.1) is 5.69 Å². The number of carbonyl (C=O) groups is 2. The van der Waals surface area contributed by atoms with E-state index < -0.39 is 12.0 Å². The molecule has 0 radical (unpaired) electrons. The number of pyridine rings is 1. The van der Waals surface area contributed by atoms with Crippen molar-refractivity contribution in [1.29, 1.82) is 0 Å². The van der Waals surface area contributed by atoms with E-state index in [1.807, 2.05) is 0 Å². The Morgan fingerprint density at radius 2 is 2.04 bits per heavy atom. The van der Waals surface area contributed by atoms with Gasteiger partial charge in [0.25, 0.3) is 17.4 Å². The van der Waals surface area contributed by atoms with Crippen molar-refractivity contribution in [2.24, 2.45) is 7.05 Å². The van der Waals surface area contributed by atoms with E-state index in [1.165, 1.54) is 16.8 Å². The predicted octanol–water partition coefficient (Wildman–Crippen LogP) is 1.36. The van der Waals surface area contributed by atoms with E-state index in [0.29, 0.717) is 17.1 Å². The highest BCUT2D eigenvalue weighted by molar-refractivity contribution is 6.05. The highest BCUT2D eigenvalue weighted by Gasteiger charge is 2.23. The van der Waals surface area contributed by atoms with Crippen LogP contribution in [0.15, 0.2) is 41.3 Å². The van der Waals surface area contributed by atoms with Crippen molar-refractivity contribution in [2.45, 2.75) is 13.0 Å². The molecule has 1 aliphatic heterocycles. The normalized spacial score (nSPS) is 16.1. The second-order valence-electron chi connectivity index (χ2n) is 5.28. The van der Waals surface area contributed by atoms with Gasteiger partial charge in [-0.25, -0.2) is 0 Å². The maximum Gasteiger partial charge on any atom is 0.265 e. The molecule has 0 bridgehead atoms. The lowest BCUT2D eigenvalue weighted by Gasteiger charge is -2.23. The van der Waals surface area contributed by atoms with E-state index in [2.05, 4.69) is 10.6 Å². The van der Waals surface area contributed by atoms with Gasteiger partial charge in [-0.15, -0.1) is 0 Å². The number of nitrogens with one attached hydrogen (secondary N) is 2. The molecule has 118 valence electrons. The monoisotopic (exact) mass is 313 g/mol. The summed E-state index contributed by atoms with van der Waals surface area (Å²) in [6.07, 6.45) is 0.975. The number of amides is 2. The van der Waals surface area contributed by atoms with Gasteiger partial charge in [0.15, 0.2) is 6.10 Å². The van der Waals surface area contributed by atoms with Crippen LogP contribution in [0.25, 0.3) is 0 Å². The smallest absolute Gasteiger partial charge is 0.265 e. The lowest BCUT2D eigenvalue weighted by atomic mass is 10.2. The predicted molar refractivity (Wildman–Crippen MR) is 84.8 cm³/mol. The van der Waals surface area contributed by atoms with Crippen molar-refractivity contribution in [3.63, 3.8) is 0 Å². The molecule has 1 aromatic carbocycles. The Morgan fingerprint density at radius 3 is 2.78 bits per heavy atom. The fourth-order valence-electron chi connectivity index (χ4n) is 2.18. The minimum absolute atomic E-state index is 0.243. The van der Waals surface area contributed by atoms with Crippen LogP contribution >= 0.6 is 0 Å². The van der Waals surface area contributed by atoms with E-state index in [0.717, 1.165) is 0 Å². The van der Waals surface area contributed by atoms with Crippen LogP contribution in [0.2, 0.25) is 0 Å². The van der Waals surface area contributed by atoms with Crippen molar-refractivity contribution >= 4 is 23.2 Å². The van der Waals surface area contributed by atoms with E-state index >= 15 is 0 Å². The molecule has 0 fully saturated rings. The molecule has 23 heavy (non-hydrogen) atoms. The van der Waals surface area contributed by atoms with Gasteiger partial charge >= 0.3 is 0 Å². The zero-order valence-electron chi connectivity index (χ0n) is 12.6. The van der Waals surface area contributed by atoms with Crippen molar-refractivity contribution < 1.29 is 14.3 Å². The third-order valence-electron chi connectivity index (χ3n) is 3.53. The van der Waals surface area contributed by atoms with E-state index in [4.69, 9.17) is 4.74 Å². The SMILES string of the molecule is CC1Oc2ccc(NC(=O)c3ccn(C)c(=O)c3)cc2NC1=O. The molecule has 7 nitrogen and oxygen atoms in total. The Hall–Kier alpha value is -3.09. The maximum absolute atomic E-state index is 12.2. The highest BCUT2D eigenvalue weighted by atomic mass is 16.5. The van der Waals surface area contributed by atoms with Crippen LogP contribution in [0.1, 0.15) is 17.3 Å². The number of aromatic nitrogens is 1. The summed E-state index contributed by atoms with van der Waals surface area (Å²) in [5.41, 5.74) is 0.986. The van der Waals surface area contributed by atoms with Crippen LogP contribution < -0.4 is 20.9 Å². The van der Waals surface area contributed by atoms with Gasteiger partial charge in [0.2, 0.25) is 0 Å². The van der Waals surface area contributed by atoms with Crippen molar-refractivity contribution in [2.75, 3.05) is 10.6 Å². The Balaban J connectivity index is 1.82. The van der Waals surface area contributed by atoms with Gasteiger partial charge in [-0.05, 0) is 31.2 Å². The lowest BCUT2D eigenvalue weighted by Crippen LogP contribution is -2.34. The number of hydrogen-bond acceptors (Lipinski definition) is 4. The number of fused-ring (bicyclic) bond motifs is 1. The average molecular weight is 313 g/mol. The average Bonchev–Trinajstić information content (AvgIpc) is 2.51. The second kappa shape index (κ2) is 5.60. The molecule has 0 saturated heterocycles. The summed E-state index contributed by atoms with van der Waals surface area (Å²) in [6.45, 7) is 1.66. The Bertz CT molecular complexity index is 857. The topological polar surface area (TPSA) is 89.4 Å². The van der Waals surface area contributed by atoms with Gasteiger partial charge in [-0.1, -0.05) is 0 Å². The first-order valence-electron chi connectivity index (χ1n) is 7.03. The number of ether oxygens (including phenoxy) is 1. The van der Waals surface area contributed by atoms with Gasteiger partial charge in [-0.2, -0.15) is 0 Å². The number of hydrogen-bond donors (Lipinski definition) is 2. The van der Waals surface area contributed by atoms with Crippen LogP contribution in [0, 0.1) is 0 Å². The molecule has 0 aliphatic carbocycles. The van der Waals surface area contributed by atoms with Crippen molar-refractivity contribution in [1.82, 2.24) is 4.57 Å². The number of carbonyl (C=O) groups excluding carboxylic acids is 2. The molecule has 2 heterocycles. The molecule has 0 spiro atoms. The molecule has 3 rings (SSSR count). The molecule has 7 heteroatoms. The number of nitrogens with zero attached hydrogens (tertiary/aromatic N) is 1. The number of anilines is 2. The molecule has 2 N–H and O–H groups in total. The zero-order valence-corrected chi connectivity index (χ0v) is 12.6. The Labute approximate surface area is 131 Å². The van der Waals surface area contributed by atoms with Crippen molar-refractivity contribution in [3.8, 4) is 5.75 Å². The van der Waals surface area contributed by atoms with Crippen LogP contribution in [0.4, 0.5) is 11.4 Å². The van der Waals surface area contributed by atoms with Crippen LogP contribution in [-0.2, 0) is 11.8 Å².